The standard InChI is InChI=1S/C40H54N3O2.BrH/c1-26(43-25-42(24-41-43)21-18-29-10-7-9-28-8-5-6-11-32(28)29)12-15-36-27(2)38-37(45-36)23-35-33-14-13-30-22-31(44)16-19-39(30,3)34(33)17-20-40(35,38)4;/h5-11,13,24-27,31,33-38,44H,12,14-23H2,1-4H3;1H/q+1;/p-1/t26-,27-,31?,33-,34-,35+,36-,37?,38?,39+,40+;/m1./s1. The molecule has 1 saturated heterocycles. The summed E-state index contributed by atoms with van der Waals surface area (Å²) in [6.07, 6.45) is 18.9. The minimum atomic E-state index is -0.121. The smallest absolute Gasteiger partial charge is 0.265 e. The third-order valence-electron chi connectivity index (χ3n) is 14.1. The van der Waals surface area contributed by atoms with Gasteiger partial charge in [0.25, 0.3) is 6.33 Å². The molecule has 8 rings (SSSR count). The molecule has 46 heavy (non-hydrogen) atoms. The summed E-state index contributed by atoms with van der Waals surface area (Å²) in [4.78, 5) is 0. The van der Waals surface area contributed by atoms with Crippen LogP contribution in [0.25, 0.3) is 10.8 Å². The normalized spacial score (nSPS) is 38.7. The van der Waals surface area contributed by atoms with E-state index in [1.807, 2.05) is 6.33 Å². The first-order chi connectivity index (χ1) is 21.7. The Bertz CT molecular complexity index is 1580. The molecule has 11 atom stereocenters. The van der Waals surface area contributed by atoms with Gasteiger partial charge in [-0.25, -0.2) is 4.57 Å². The summed E-state index contributed by atoms with van der Waals surface area (Å²) < 4.78 is 11.4. The van der Waals surface area contributed by atoms with Crippen LogP contribution in [0.15, 0.2) is 66.8 Å². The second-order valence-electron chi connectivity index (χ2n) is 16.3. The zero-order chi connectivity index (χ0) is 30.9. The Labute approximate surface area is 286 Å². The third kappa shape index (κ3) is 5.33. The maximum atomic E-state index is 10.4. The van der Waals surface area contributed by atoms with Crippen LogP contribution in [0.3, 0.4) is 0 Å². The van der Waals surface area contributed by atoms with E-state index in [2.05, 4.69) is 91.8 Å². The number of benzene rings is 2. The molecule has 2 aromatic carbocycles. The van der Waals surface area contributed by atoms with Crippen molar-refractivity contribution in [2.24, 2.45) is 40.4 Å². The van der Waals surface area contributed by atoms with Crippen molar-refractivity contribution in [3.63, 3.8) is 0 Å². The summed E-state index contributed by atoms with van der Waals surface area (Å²) in [5.74, 6) is 3.67. The van der Waals surface area contributed by atoms with Crippen molar-refractivity contribution in [2.75, 3.05) is 0 Å². The summed E-state index contributed by atoms with van der Waals surface area (Å²) in [7, 11) is 0. The number of hydrogen-bond acceptors (Lipinski definition) is 3. The van der Waals surface area contributed by atoms with Crippen LogP contribution >= 0.6 is 0 Å². The molecule has 5 aliphatic rings. The SMILES string of the molecule is C[C@H](CC[C@H]1OC2C[C@H]3[C@@H]4CC=C5CC(O)CC[C@]5(C)[C@@H]4CC[C@]3(C)C2[C@@H]1C)n1c[n+](CCc2cccc3ccccc23)cn1.[Br-]. The van der Waals surface area contributed by atoms with Crippen molar-refractivity contribution in [3.8, 4) is 0 Å². The lowest BCUT2D eigenvalue weighted by Crippen LogP contribution is -3.00. The van der Waals surface area contributed by atoms with Gasteiger partial charge in [-0.15, -0.1) is 4.68 Å². The first-order valence-electron chi connectivity index (χ1n) is 18.2. The van der Waals surface area contributed by atoms with E-state index in [9.17, 15) is 5.11 Å². The molecule has 248 valence electrons. The van der Waals surface area contributed by atoms with Crippen LogP contribution in [0.2, 0.25) is 0 Å². The van der Waals surface area contributed by atoms with Crippen molar-refractivity contribution >= 4 is 10.8 Å². The molecular weight excluding hydrogens is 634 g/mol. The molecule has 4 fully saturated rings. The highest BCUT2D eigenvalue weighted by atomic mass is 79.9. The Hall–Kier alpha value is -2.02. The summed E-state index contributed by atoms with van der Waals surface area (Å²) in [5, 5.41) is 17.8. The highest BCUT2D eigenvalue weighted by Gasteiger charge is 2.64. The second-order valence-corrected chi connectivity index (χ2v) is 16.3. The minimum absolute atomic E-state index is 0. The number of allylic oxidation sites excluding steroid dienone is 1. The van der Waals surface area contributed by atoms with Crippen molar-refractivity contribution < 1.29 is 31.4 Å². The van der Waals surface area contributed by atoms with E-state index in [1.54, 1.807) is 5.57 Å². The van der Waals surface area contributed by atoms with Crippen molar-refractivity contribution in [2.45, 2.75) is 123 Å². The molecule has 6 heteroatoms. The molecule has 1 aliphatic heterocycles. The molecule has 1 aromatic heterocycles. The number of aryl methyl sites for hydroxylation is 2. The third-order valence-corrected chi connectivity index (χ3v) is 14.1. The van der Waals surface area contributed by atoms with Gasteiger partial charge in [0, 0.05) is 11.5 Å². The maximum Gasteiger partial charge on any atom is 0.265 e. The first kappa shape index (κ1) is 32.5. The quantitative estimate of drug-likeness (QED) is 0.285. The number of aromatic nitrogens is 3. The average molecular weight is 689 g/mol. The molecule has 0 radical (unpaired) electrons. The Morgan fingerprint density at radius 3 is 2.78 bits per heavy atom. The number of aliphatic hydroxyl groups excluding tert-OH is 1. The predicted molar refractivity (Wildman–Crippen MR) is 178 cm³/mol. The van der Waals surface area contributed by atoms with Crippen molar-refractivity contribution in [1.29, 1.82) is 0 Å². The van der Waals surface area contributed by atoms with Crippen LogP contribution in [-0.4, -0.2) is 33.2 Å². The van der Waals surface area contributed by atoms with Gasteiger partial charge >= 0.3 is 0 Å². The van der Waals surface area contributed by atoms with E-state index < -0.39 is 0 Å². The molecular formula is C40H54BrN3O2. The van der Waals surface area contributed by atoms with Crippen LogP contribution in [0.5, 0.6) is 0 Å². The second kappa shape index (κ2) is 12.5. The van der Waals surface area contributed by atoms with Crippen molar-refractivity contribution in [3.05, 3.63) is 72.3 Å². The van der Waals surface area contributed by atoms with Crippen LogP contribution in [0, 0.1) is 40.4 Å². The summed E-state index contributed by atoms with van der Waals surface area (Å²) in [6.45, 7) is 11.0. The Balaban J connectivity index is 0.00000338. The Morgan fingerprint density at radius 1 is 1.09 bits per heavy atom. The number of fused-ring (bicyclic) bond motifs is 8. The highest BCUT2D eigenvalue weighted by Crippen LogP contribution is 2.69. The molecule has 3 unspecified atom stereocenters. The van der Waals surface area contributed by atoms with Gasteiger partial charge in [0.2, 0.25) is 6.33 Å². The first-order valence-corrected chi connectivity index (χ1v) is 18.2. The van der Waals surface area contributed by atoms with Crippen LogP contribution in [0.4, 0.5) is 0 Å². The molecule has 0 amide bonds. The van der Waals surface area contributed by atoms with E-state index in [0.717, 1.165) is 56.4 Å². The lowest BCUT2D eigenvalue weighted by atomic mass is 9.47. The summed E-state index contributed by atoms with van der Waals surface area (Å²) in [5.41, 5.74) is 3.69. The minimum Gasteiger partial charge on any atom is -1.00 e. The fourth-order valence-electron chi connectivity index (χ4n) is 11.6. The largest absolute Gasteiger partial charge is 1.00 e. The van der Waals surface area contributed by atoms with Gasteiger partial charge in [-0.3, -0.25) is 0 Å². The molecule has 3 aromatic rings. The van der Waals surface area contributed by atoms with Crippen LogP contribution < -0.4 is 21.5 Å². The number of ether oxygens (including phenoxy) is 1. The van der Waals surface area contributed by atoms with E-state index in [4.69, 9.17) is 9.84 Å². The van der Waals surface area contributed by atoms with E-state index in [-0.39, 0.29) is 23.1 Å². The molecule has 0 bridgehead atoms. The number of halogens is 1. The lowest BCUT2D eigenvalue weighted by Gasteiger charge is -2.58. The zero-order valence-corrected chi connectivity index (χ0v) is 29.9. The average Bonchev–Trinajstić information content (AvgIpc) is 3.73. The van der Waals surface area contributed by atoms with E-state index in [1.165, 1.54) is 48.4 Å². The topological polar surface area (TPSA) is 51.2 Å². The van der Waals surface area contributed by atoms with Gasteiger partial charge in [0.15, 0.2) is 0 Å². The Morgan fingerprint density at radius 2 is 1.91 bits per heavy atom. The Kier molecular flexibility index (Phi) is 8.81. The summed E-state index contributed by atoms with van der Waals surface area (Å²) >= 11 is 0. The van der Waals surface area contributed by atoms with Gasteiger partial charge in [-0.1, -0.05) is 74.9 Å². The summed E-state index contributed by atoms with van der Waals surface area (Å²) in [6, 6.07) is 15.7. The number of nitrogens with zero attached hydrogens (tertiary/aromatic N) is 3. The molecule has 0 spiro atoms. The monoisotopic (exact) mass is 687 g/mol. The number of aliphatic hydroxyl groups is 1. The lowest BCUT2D eigenvalue weighted by molar-refractivity contribution is -0.697. The fraction of sp³-hybridized carbons (Fsp3) is 0.650. The highest BCUT2D eigenvalue weighted by molar-refractivity contribution is 5.85. The van der Waals surface area contributed by atoms with Gasteiger partial charge in [0.05, 0.1) is 24.9 Å². The maximum absolute atomic E-state index is 10.4. The number of hydrogen-bond donors (Lipinski definition) is 1. The van der Waals surface area contributed by atoms with Crippen LogP contribution in [-0.2, 0) is 17.7 Å². The predicted octanol–water partition coefficient (Wildman–Crippen LogP) is 4.87. The fourth-order valence-corrected chi connectivity index (χ4v) is 11.6. The van der Waals surface area contributed by atoms with Crippen molar-refractivity contribution in [1.82, 2.24) is 9.78 Å². The van der Waals surface area contributed by atoms with E-state index in [0.29, 0.717) is 40.9 Å². The zero-order valence-electron chi connectivity index (χ0n) is 28.3. The number of rotatable bonds is 7. The molecule has 1 N–H and O–H groups in total. The molecule has 3 saturated carbocycles. The van der Waals surface area contributed by atoms with Gasteiger partial charge < -0.3 is 26.8 Å². The molecule has 2 heterocycles. The van der Waals surface area contributed by atoms with Gasteiger partial charge in [0.1, 0.15) is 6.04 Å². The molecule has 4 aliphatic carbocycles. The van der Waals surface area contributed by atoms with Gasteiger partial charge in [-0.05, 0) is 121 Å². The van der Waals surface area contributed by atoms with Gasteiger partial charge in [-0.2, -0.15) is 0 Å². The molecule has 5 nitrogen and oxygen atoms in total. The van der Waals surface area contributed by atoms with Crippen LogP contribution in [0.1, 0.15) is 97.1 Å². The van der Waals surface area contributed by atoms with E-state index >= 15 is 0 Å².